The van der Waals surface area contributed by atoms with Gasteiger partial charge in [0.05, 0.1) is 6.42 Å². The maximum absolute atomic E-state index is 12.8. The second-order valence-electron chi connectivity index (χ2n) is 6.05. The molecule has 4 heterocycles. The van der Waals surface area contributed by atoms with E-state index in [0.717, 1.165) is 36.2 Å². The molecule has 0 aliphatic carbocycles. The van der Waals surface area contributed by atoms with E-state index in [4.69, 9.17) is 4.52 Å². The van der Waals surface area contributed by atoms with Gasteiger partial charge in [-0.3, -0.25) is 9.78 Å². The van der Waals surface area contributed by atoms with Gasteiger partial charge in [0.15, 0.2) is 0 Å². The average molecular weight is 354 g/mol. The summed E-state index contributed by atoms with van der Waals surface area (Å²) >= 11 is 1.61. The van der Waals surface area contributed by atoms with Crippen LogP contribution in [0.5, 0.6) is 0 Å². The van der Waals surface area contributed by atoms with Gasteiger partial charge in [0, 0.05) is 29.4 Å². The number of carbonyl (C=O) groups excluding carboxylic acids is 1. The topological polar surface area (TPSA) is 72.1 Å². The molecule has 1 aliphatic heterocycles. The molecule has 1 atom stereocenters. The number of piperidine rings is 1. The molecule has 1 amide bonds. The first-order valence-electron chi connectivity index (χ1n) is 8.37. The van der Waals surface area contributed by atoms with Crippen LogP contribution in [-0.4, -0.2) is 32.5 Å². The predicted octanol–water partition coefficient (Wildman–Crippen LogP) is 3.49. The molecule has 3 aromatic heterocycles. The molecule has 4 rings (SSSR count). The Balaban J connectivity index is 1.55. The molecular weight excluding hydrogens is 336 g/mol. The summed E-state index contributed by atoms with van der Waals surface area (Å²) in [6.45, 7) is 0.736. The zero-order valence-corrected chi connectivity index (χ0v) is 14.5. The van der Waals surface area contributed by atoms with Crippen LogP contribution in [0.15, 0.2) is 46.6 Å². The fourth-order valence-electron chi connectivity index (χ4n) is 3.13. The molecule has 25 heavy (non-hydrogen) atoms. The van der Waals surface area contributed by atoms with E-state index in [-0.39, 0.29) is 11.9 Å². The minimum Gasteiger partial charge on any atom is -0.337 e. The summed E-state index contributed by atoms with van der Waals surface area (Å²) < 4.78 is 5.49. The molecular formula is C18H18N4O2S. The number of rotatable bonds is 4. The minimum absolute atomic E-state index is 0.119. The standard InChI is InChI=1S/C18H18N4O2S/c23-16(11-14-6-4-10-25-14)22-9-2-1-7-15(22)18-20-17(21-24-18)13-5-3-8-19-12-13/h3-6,8,10,12,15H,1-2,7,9,11H2. The summed E-state index contributed by atoms with van der Waals surface area (Å²) in [5.41, 5.74) is 0.810. The van der Waals surface area contributed by atoms with Gasteiger partial charge < -0.3 is 9.42 Å². The van der Waals surface area contributed by atoms with Gasteiger partial charge in [-0.15, -0.1) is 11.3 Å². The third-order valence-electron chi connectivity index (χ3n) is 4.38. The zero-order valence-electron chi connectivity index (χ0n) is 13.7. The van der Waals surface area contributed by atoms with Gasteiger partial charge in [-0.1, -0.05) is 11.2 Å². The second-order valence-corrected chi connectivity index (χ2v) is 7.09. The number of likely N-dealkylation sites (tertiary alicyclic amines) is 1. The first kappa shape index (κ1) is 16.0. The van der Waals surface area contributed by atoms with Crippen LogP contribution in [0.3, 0.4) is 0 Å². The van der Waals surface area contributed by atoms with E-state index in [1.54, 1.807) is 23.7 Å². The number of hydrogen-bond acceptors (Lipinski definition) is 6. The Morgan fingerprint density at radius 3 is 3.08 bits per heavy atom. The van der Waals surface area contributed by atoms with Crippen molar-refractivity contribution in [3.05, 3.63) is 52.8 Å². The average Bonchev–Trinajstić information content (AvgIpc) is 3.34. The molecule has 7 heteroatoms. The van der Waals surface area contributed by atoms with Crippen molar-refractivity contribution < 1.29 is 9.32 Å². The van der Waals surface area contributed by atoms with Crippen molar-refractivity contribution in [3.8, 4) is 11.4 Å². The van der Waals surface area contributed by atoms with E-state index in [2.05, 4.69) is 15.1 Å². The summed E-state index contributed by atoms with van der Waals surface area (Å²) in [5, 5.41) is 6.06. The number of amides is 1. The van der Waals surface area contributed by atoms with Gasteiger partial charge in [-0.25, -0.2) is 0 Å². The molecule has 1 aliphatic rings. The van der Waals surface area contributed by atoms with Crippen LogP contribution in [0.2, 0.25) is 0 Å². The Kier molecular flexibility index (Phi) is 4.56. The minimum atomic E-state index is -0.140. The van der Waals surface area contributed by atoms with Crippen molar-refractivity contribution in [2.45, 2.75) is 31.7 Å². The molecule has 1 unspecified atom stereocenters. The highest BCUT2D eigenvalue weighted by atomic mass is 32.1. The summed E-state index contributed by atoms with van der Waals surface area (Å²) in [5.74, 6) is 1.14. The molecule has 0 radical (unpaired) electrons. The maximum atomic E-state index is 12.8. The largest absolute Gasteiger partial charge is 0.337 e. The Labute approximate surface area is 149 Å². The highest BCUT2D eigenvalue weighted by Gasteiger charge is 2.32. The predicted molar refractivity (Wildman–Crippen MR) is 93.9 cm³/mol. The van der Waals surface area contributed by atoms with E-state index in [0.29, 0.717) is 18.1 Å². The van der Waals surface area contributed by atoms with Crippen LogP contribution in [0.1, 0.15) is 36.1 Å². The Bertz CT molecular complexity index is 832. The van der Waals surface area contributed by atoms with Gasteiger partial charge >= 0.3 is 0 Å². The normalized spacial score (nSPS) is 17.6. The van der Waals surface area contributed by atoms with Gasteiger partial charge in [-0.2, -0.15) is 4.98 Å². The van der Waals surface area contributed by atoms with Crippen molar-refractivity contribution in [2.24, 2.45) is 0 Å². The fourth-order valence-corrected chi connectivity index (χ4v) is 3.83. The van der Waals surface area contributed by atoms with E-state index >= 15 is 0 Å². The van der Waals surface area contributed by atoms with E-state index < -0.39 is 0 Å². The van der Waals surface area contributed by atoms with Gasteiger partial charge in [0.25, 0.3) is 0 Å². The van der Waals surface area contributed by atoms with Crippen LogP contribution in [0.4, 0.5) is 0 Å². The molecule has 0 saturated carbocycles. The third kappa shape index (κ3) is 3.46. The Morgan fingerprint density at radius 1 is 1.32 bits per heavy atom. The lowest BCUT2D eigenvalue weighted by atomic mass is 10.0. The lowest BCUT2D eigenvalue weighted by molar-refractivity contribution is -0.134. The zero-order chi connectivity index (χ0) is 17.1. The summed E-state index contributed by atoms with van der Waals surface area (Å²) in [6.07, 6.45) is 6.75. The van der Waals surface area contributed by atoms with Crippen LogP contribution < -0.4 is 0 Å². The lowest BCUT2D eigenvalue weighted by Gasteiger charge is -2.33. The number of carbonyl (C=O) groups is 1. The number of hydrogen-bond donors (Lipinski definition) is 0. The molecule has 128 valence electrons. The molecule has 3 aromatic rings. The Morgan fingerprint density at radius 2 is 2.28 bits per heavy atom. The molecule has 0 bridgehead atoms. The highest BCUT2D eigenvalue weighted by Crippen LogP contribution is 2.31. The van der Waals surface area contributed by atoms with Crippen molar-refractivity contribution in [1.29, 1.82) is 0 Å². The molecule has 6 nitrogen and oxygen atoms in total. The second kappa shape index (κ2) is 7.14. The third-order valence-corrected chi connectivity index (χ3v) is 5.25. The number of aromatic nitrogens is 3. The smallest absolute Gasteiger partial charge is 0.249 e. The van der Waals surface area contributed by atoms with Crippen LogP contribution in [0, 0.1) is 0 Å². The fraction of sp³-hybridized carbons (Fsp3) is 0.333. The molecule has 1 saturated heterocycles. The van der Waals surface area contributed by atoms with E-state index in [1.807, 2.05) is 34.5 Å². The van der Waals surface area contributed by atoms with Gasteiger partial charge in [0.2, 0.25) is 17.6 Å². The molecule has 0 aromatic carbocycles. The van der Waals surface area contributed by atoms with Crippen molar-refractivity contribution in [2.75, 3.05) is 6.54 Å². The number of nitrogens with zero attached hydrogens (tertiary/aromatic N) is 4. The number of pyridine rings is 1. The SMILES string of the molecule is O=C(Cc1cccs1)N1CCCCC1c1nc(-c2cccnc2)no1. The Hall–Kier alpha value is -2.54. The summed E-state index contributed by atoms with van der Waals surface area (Å²) in [6, 6.07) is 7.55. The first-order chi connectivity index (χ1) is 12.3. The van der Waals surface area contributed by atoms with Crippen LogP contribution in [-0.2, 0) is 11.2 Å². The molecule has 1 fully saturated rings. The molecule has 0 N–H and O–H groups in total. The van der Waals surface area contributed by atoms with Crippen molar-refractivity contribution in [3.63, 3.8) is 0 Å². The number of thiophene rings is 1. The molecule has 0 spiro atoms. The van der Waals surface area contributed by atoms with Crippen molar-refractivity contribution in [1.82, 2.24) is 20.0 Å². The van der Waals surface area contributed by atoms with Crippen LogP contribution >= 0.6 is 11.3 Å². The summed E-state index contributed by atoms with van der Waals surface area (Å²) in [4.78, 5) is 24.3. The quantitative estimate of drug-likeness (QED) is 0.717. The van der Waals surface area contributed by atoms with E-state index in [9.17, 15) is 4.79 Å². The highest BCUT2D eigenvalue weighted by molar-refractivity contribution is 7.10. The summed E-state index contributed by atoms with van der Waals surface area (Å²) in [7, 11) is 0. The van der Waals surface area contributed by atoms with Gasteiger partial charge in [-0.05, 0) is 42.8 Å². The van der Waals surface area contributed by atoms with Gasteiger partial charge in [0.1, 0.15) is 6.04 Å². The lowest BCUT2D eigenvalue weighted by Crippen LogP contribution is -2.39. The van der Waals surface area contributed by atoms with E-state index in [1.165, 1.54) is 0 Å². The maximum Gasteiger partial charge on any atom is 0.249 e. The first-order valence-corrected chi connectivity index (χ1v) is 9.25. The van der Waals surface area contributed by atoms with Crippen LogP contribution in [0.25, 0.3) is 11.4 Å². The monoisotopic (exact) mass is 354 g/mol. The van der Waals surface area contributed by atoms with Crippen molar-refractivity contribution >= 4 is 17.2 Å².